The number of nitrogens with one attached hydrogen (secondary N) is 1. The van der Waals surface area contributed by atoms with E-state index in [1.54, 1.807) is 21.8 Å². The highest BCUT2D eigenvalue weighted by Crippen LogP contribution is 2.21. The van der Waals surface area contributed by atoms with Crippen molar-refractivity contribution < 1.29 is 14.3 Å². The lowest BCUT2D eigenvalue weighted by molar-refractivity contribution is 0.115. The number of urea groups is 1. The van der Waals surface area contributed by atoms with E-state index in [-0.39, 0.29) is 24.5 Å². The molecule has 134 valence electrons. The summed E-state index contributed by atoms with van der Waals surface area (Å²) in [4.78, 5) is 14.3. The smallest absolute Gasteiger partial charge is 0.323 e. The number of anilines is 1. The molecule has 3 rings (SSSR count). The quantitative estimate of drug-likeness (QED) is 0.894. The molecule has 2 heterocycles. The summed E-state index contributed by atoms with van der Waals surface area (Å²) >= 11 is 0. The van der Waals surface area contributed by atoms with Gasteiger partial charge in [0.25, 0.3) is 0 Å². The number of aromatic nitrogens is 2. The van der Waals surface area contributed by atoms with Crippen molar-refractivity contribution in [2.75, 3.05) is 18.5 Å². The number of aliphatic hydroxyl groups excluding tert-OH is 1. The first-order valence-corrected chi connectivity index (χ1v) is 8.54. The molecule has 1 atom stereocenters. The van der Waals surface area contributed by atoms with Gasteiger partial charge < -0.3 is 10.0 Å². The largest absolute Gasteiger partial charge is 0.394 e. The van der Waals surface area contributed by atoms with E-state index in [9.17, 15) is 14.3 Å². The first kappa shape index (κ1) is 17.4. The summed E-state index contributed by atoms with van der Waals surface area (Å²) in [5.41, 5.74) is 1.60. The summed E-state index contributed by atoms with van der Waals surface area (Å²) < 4.78 is 15.0. The second-order valence-corrected chi connectivity index (χ2v) is 6.42. The van der Waals surface area contributed by atoms with Crippen molar-refractivity contribution in [1.29, 1.82) is 0 Å². The molecule has 2 N–H and O–H groups in total. The minimum absolute atomic E-state index is 0.0328. The van der Waals surface area contributed by atoms with Crippen molar-refractivity contribution in [3.63, 3.8) is 0 Å². The van der Waals surface area contributed by atoms with Crippen LogP contribution in [-0.2, 0) is 6.54 Å². The van der Waals surface area contributed by atoms with Crippen LogP contribution in [0.4, 0.5) is 15.0 Å². The number of hydrogen-bond acceptors (Lipinski definition) is 3. The number of rotatable bonds is 4. The van der Waals surface area contributed by atoms with Gasteiger partial charge in [-0.15, -0.1) is 0 Å². The number of carbonyl (C=O) groups excluding carboxylic acids is 1. The van der Waals surface area contributed by atoms with E-state index in [2.05, 4.69) is 10.4 Å². The average molecular weight is 346 g/mol. The highest BCUT2D eigenvalue weighted by atomic mass is 19.1. The number of amides is 2. The van der Waals surface area contributed by atoms with Gasteiger partial charge in [0, 0.05) is 12.1 Å². The molecule has 0 bridgehead atoms. The Morgan fingerprint density at radius 2 is 2.28 bits per heavy atom. The molecule has 1 aromatic carbocycles. The van der Waals surface area contributed by atoms with E-state index in [1.165, 1.54) is 12.1 Å². The third-order valence-corrected chi connectivity index (χ3v) is 4.57. The van der Waals surface area contributed by atoms with Gasteiger partial charge in [0.1, 0.15) is 11.6 Å². The van der Waals surface area contributed by atoms with E-state index in [4.69, 9.17) is 0 Å². The number of nitrogens with zero attached hydrogens (tertiary/aromatic N) is 3. The van der Waals surface area contributed by atoms with Crippen LogP contribution in [0.1, 0.15) is 30.4 Å². The molecule has 7 heteroatoms. The number of aliphatic hydroxyl groups is 1. The normalized spacial score (nSPS) is 17.6. The molecule has 25 heavy (non-hydrogen) atoms. The predicted molar refractivity (Wildman–Crippen MR) is 92.9 cm³/mol. The van der Waals surface area contributed by atoms with Gasteiger partial charge in [0.05, 0.1) is 25.4 Å². The molecular weight excluding hydrogens is 323 g/mol. The highest BCUT2D eigenvalue weighted by Gasteiger charge is 2.27. The van der Waals surface area contributed by atoms with Gasteiger partial charge in [-0.1, -0.05) is 12.1 Å². The lowest BCUT2D eigenvalue weighted by Crippen LogP contribution is -2.47. The van der Waals surface area contributed by atoms with Crippen molar-refractivity contribution in [1.82, 2.24) is 14.7 Å². The van der Waals surface area contributed by atoms with Crippen molar-refractivity contribution in [2.45, 2.75) is 38.8 Å². The van der Waals surface area contributed by atoms with Gasteiger partial charge in [-0.25, -0.2) is 13.9 Å². The third-order valence-electron chi connectivity index (χ3n) is 4.57. The van der Waals surface area contributed by atoms with Gasteiger partial charge >= 0.3 is 6.03 Å². The van der Waals surface area contributed by atoms with Gasteiger partial charge in [0.15, 0.2) is 0 Å². The van der Waals surface area contributed by atoms with Gasteiger partial charge in [-0.3, -0.25) is 5.32 Å². The standard InChI is InChI=1S/C18H23FN4O2/c1-13-10-20-23(11-14-5-4-6-15(19)9-14)17(13)21-18(25)22-8-3-2-7-16(22)12-24/h4-6,9-10,16,24H,2-3,7-8,11-12H2,1H3,(H,21,25)/t16-/m1/s1. The minimum atomic E-state index is -0.300. The Morgan fingerprint density at radius 1 is 1.44 bits per heavy atom. The van der Waals surface area contributed by atoms with Crippen molar-refractivity contribution in [2.24, 2.45) is 0 Å². The predicted octanol–water partition coefficient (Wildman–Crippen LogP) is 2.76. The van der Waals surface area contributed by atoms with Gasteiger partial charge in [0.2, 0.25) is 0 Å². The van der Waals surface area contributed by atoms with E-state index in [0.717, 1.165) is 30.4 Å². The number of aryl methyl sites for hydroxylation is 1. The first-order valence-electron chi connectivity index (χ1n) is 8.54. The number of halogens is 1. The van der Waals surface area contributed by atoms with E-state index < -0.39 is 0 Å². The average Bonchev–Trinajstić information content (AvgIpc) is 2.95. The second-order valence-electron chi connectivity index (χ2n) is 6.42. The zero-order chi connectivity index (χ0) is 17.8. The molecule has 1 aromatic heterocycles. The topological polar surface area (TPSA) is 70.4 Å². The molecule has 2 amide bonds. The van der Waals surface area contributed by atoms with Crippen LogP contribution in [0, 0.1) is 12.7 Å². The fourth-order valence-corrected chi connectivity index (χ4v) is 3.20. The SMILES string of the molecule is Cc1cnn(Cc2cccc(F)c2)c1NC(=O)N1CCCC[C@@H]1CO. The summed E-state index contributed by atoms with van der Waals surface area (Å²) in [6.45, 7) is 2.83. The number of benzene rings is 1. The molecule has 1 aliphatic heterocycles. The van der Waals surface area contributed by atoms with Crippen LogP contribution in [-0.4, -0.2) is 45.0 Å². The molecule has 6 nitrogen and oxygen atoms in total. The summed E-state index contributed by atoms with van der Waals surface area (Å²) in [6.07, 6.45) is 4.44. The number of carbonyl (C=O) groups is 1. The molecule has 0 saturated carbocycles. The van der Waals surface area contributed by atoms with Crippen LogP contribution in [0.2, 0.25) is 0 Å². The molecular formula is C18H23FN4O2. The van der Waals surface area contributed by atoms with Crippen LogP contribution in [0.5, 0.6) is 0 Å². The van der Waals surface area contributed by atoms with Crippen LogP contribution >= 0.6 is 0 Å². The zero-order valence-corrected chi connectivity index (χ0v) is 14.3. The van der Waals surface area contributed by atoms with E-state index >= 15 is 0 Å². The zero-order valence-electron chi connectivity index (χ0n) is 14.3. The fourth-order valence-electron chi connectivity index (χ4n) is 3.20. The molecule has 0 radical (unpaired) electrons. The van der Waals surface area contributed by atoms with E-state index in [0.29, 0.717) is 18.9 Å². The van der Waals surface area contributed by atoms with Crippen LogP contribution in [0.15, 0.2) is 30.5 Å². The first-order chi connectivity index (χ1) is 12.1. The van der Waals surface area contributed by atoms with Gasteiger partial charge in [-0.2, -0.15) is 5.10 Å². The second kappa shape index (κ2) is 7.65. The fraction of sp³-hybridized carbons (Fsp3) is 0.444. The van der Waals surface area contributed by atoms with Crippen molar-refractivity contribution in [3.05, 3.63) is 47.4 Å². The monoisotopic (exact) mass is 346 g/mol. The Balaban J connectivity index is 1.76. The number of hydrogen-bond donors (Lipinski definition) is 2. The molecule has 0 unspecified atom stereocenters. The van der Waals surface area contributed by atoms with E-state index in [1.807, 2.05) is 13.0 Å². The lowest BCUT2D eigenvalue weighted by Gasteiger charge is -2.34. The molecule has 1 aliphatic rings. The van der Waals surface area contributed by atoms with Crippen LogP contribution in [0.25, 0.3) is 0 Å². The Hall–Kier alpha value is -2.41. The molecule has 0 spiro atoms. The van der Waals surface area contributed by atoms with Crippen LogP contribution < -0.4 is 5.32 Å². The summed E-state index contributed by atoms with van der Waals surface area (Å²) in [7, 11) is 0. The summed E-state index contributed by atoms with van der Waals surface area (Å²) in [5, 5.41) is 16.7. The van der Waals surface area contributed by atoms with Crippen molar-refractivity contribution >= 4 is 11.8 Å². The molecule has 1 fully saturated rings. The Morgan fingerprint density at radius 3 is 3.04 bits per heavy atom. The van der Waals surface area contributed by atoms with Crippen LogP contribution in [0.3, 0.4) is 0 Å². The van der Waals surface area contributed by atoms with Crippen molar-refractivity contribution in [3.8, 4) is 0 Å². The molecule has 1 saturated heterocycles. The maximum absolute atomic E-state index is 13.4. The molecule has 2 aromatic rings. The Kier molecular flexibility index (Phi) is 5.33. The maximum Gasteiger partial charge on any atom is 0.323 e. The lowest BCUT2D eigenvalue weighted by atomic mass is 10.0. The molecule has 0 aliphatic carbocycles. The number of piperidine rings is 1. The van der Waals surface area contributed by atoms with Gasteiger partial charge in [-0.05, 0) is 43.9 Å². The number of likely N-dealkylation sites (tertiary alicyclic amines) is 1. The Bertz CT molecular complexity index is 746. The third kappa shape index (κ3) is 3.99. The Labute approximate surface area is 146 Å². The minimum Gasteiger partial charge on any atom is -0.394 e. The summed E-state index contributed by atoms with van der Waals surface area (Å²) in [6, 6.07) is 5.94. The highest BCUT2D eigenvalue weighted by molar-refractivity contribution is 5.89. The summed E-state index contributed by atoms with van der Waals surface area (Å²) in [5.74, 6) is 0.294. The maximum atomic E-state index is 13.4.